The summed E-state index contributed by atoms with van der Waals surface area (Å²) in [6, 6.07) is 12.2. The van der Waals surface area contributed by atoms with Gasteiger partial charge in [0.15, 0.2) is 0 Å². The minimum atomic E-state index is -0.525. The second-order valence-electron chi connectivity index (χ2n) is 5.84. The Morgan fingerprint density at radius 2 is 1.81 bits per heavy atom. The number of rotatable bonds is 5. The third-order valence-electron chi connectivity index (χ3n) is 4.03. The molecule has 0 saturated carbocycles. The monoisotopic (exact) mass is 371 g/mol. The summed E-state index contributed by atoms with van der Waals surface area (Å²) in [7, 11) is 0. The number of non-ortho nitro benzene ring substituents is 1. The number of nitro benzene ring substituents is 1. The fourth-order valence-electron chi connectivity index (χ4n) is 2.63. The zero-order valence-electron chi connectivity index (χ0n) is 13.8. The summed E-state index contributed by atoms with van der Waals surface area (Å²) in [6.45, 7) is 0. The van der Waals surface area contributed by atoms with Crippen molar-refractivity contribution in [2.45, 2.75) is 12.5 Å². The normalized spacial score (nSPS) is 16.1. The first kappa shape index (κ1) is 17.9. The van der Waals surface area contributed by atoms with Crippen molar-refractivity contribution in [1.82, 2.24) is 5.32 Å². The number of anilines is 1. The van der Waals surface area contributed by atoms with E-state index in [9.17, 15) is 19.7 Å². The standard InChI is InChI=1S/C18H17N3O4S/c22-17(12-5-7-14(8-6-12)21(24)25)20-16-4-2-1-3-15(16)18(23)19-13-9-10-26-11-13/h1-8,13H,9-11H2,(H,19,23)(H,20,22). The molecule has 2 N–H and O–H groups in total. The number of nitro groups is 1. The second-order valence-corrected chi connectivity index (χ2v) is 6.99. The van der Waals surface area contributed by atoms with Crippen molar-refractivity contribution in [3.63, 3.8) is 0 Å². The smallest absolute Gasteiger partial charge is 0.269 e. The first-order chi connectivity index (χ1) is 12.5. The van der Waals surface area contributed by atoms with Crippen LogP contribution in [0.4, 0.5) is 11.4 Å². The SMILES string of the molecule is O=C(Nc1ccccc1C(=O)NC1CCSC1)c1ccc([N+](=O)[O-])cc1. The first-order valence-electron chi connectivity index (χ1n) is 8.08. The summed E-state index contributed by atoms with van der Waals surface area (Å²) in [6.07, 6.45) is 0.938. The van der Waals surface area contributed by atoms with E-state index in [1.165, 1.54) is 24.3 Å². The lowest BCUT2D eigenvalue weighted by atomic mass is 10.1. The third kappa shape index (κ3) is 4.20. The zero-order valence-corrected chi connectivity index (χ0v) is 14.6. The minimum Gasteiger partial charge on any atom is -0.348 e. The Balaban J connectivity index is 1.73. The van der Waals surface area contributed by atoms with Crippen molar-refractivity contribution in [1.29, 1.82) is 0 Å². The van der Waals surface area contributed by atoms with Gasteiger partial charge in [0.05, 0.1) is 16.2 Å². The van der Waals surface area contributed by atoms with Crippen LogP contribution in [0.3, 0.4) is 0 Å². The van der Waals surface area contributed by atoms with E-state index in [-0.39, 0.29) is 23.2 Å². The van der Waals surface area contributed by atoms with Crippen LogP contribution in [0.5, 0.6) is 0 Å². The van der Waals surface area contributed by atoms with Crippen LogP contribution in [0.1, 0.15) is 27.1 Å². The molecule has 1 aliphatic heterocycles. The molecule has 8 heteroatoms. The van der Waals surface area contributed by atoms with Crippen LogP contribution in [0.2, 0.25) is 0 Å². The van der Waals surface area contributed by atoms with Gasteiger partial charge < -0.3 is 10.6 Å². The molecule has 1 saturated heterocycles. The molecule has 0 radical (unpaired) electrons. The molecular formula is C18H17N3O4S. The van der Waals surface area contributed by atoms with Gasteiger partial charge in [-0.05, 0) is 36.4 Å². The number of hydrogen-bond donors (Lipinski definition) is 2. The molecule has 0 spiro atoms. The summed E-state index contributed by atoms with van der Waals surface area (Å²) >= 11 is 1.80. The zero-order chi connectivity index (χ0) is 18.5. The van der Waals surface area contributed by atoms with Gasteiger partial charge in [-0.15, -0.1) is 0 Å². The summed E-state index contributed by atoms with van der Waals surface area (Å²) < 4.78 is 0. The lowest BCUT2D eigenvalue weighted by molar-refractivity contribution is -0.384. The van der Waals surface area contributed by atoms with Crippen molar-refractivity contribution in [3.05, 3.63) is 69.8 Å². The molecule has 1 atom stereocenters. The number of amides is 2. The van der Waals surface area contributed by atoms with Gasteiger partial charge in [-0.1, -0.05) is 12.1 Å². The highest BCUT2D eigenvalue weighted by Crippen LogP contribution is 2.20. The fourth-order valence-corrected chi connectivity index (χ4v) is 3.78. The van der Waals surface area contributed by atoms with Crippen molar-refractivity contribution in [2.75, 3.05) is 16.8 Å². The Morgan fingerprint density at radius 1 is 1.08 bits per heavy atom. The lowest BCUT2D eigenvalue weighted by Gasteiger charge is -2.14. The topological polar surface area (TPSA) is 101 Å². The van der Waals surface area contributed by atoms with E-state index >= 15 is 0 Å². The highest BCUT2D eigenvalue weighted by Gasteiger charge is 2.20. The molecule has 1 aliphatic rings. The maximum atomic E-state index is 12.5. The number of nitrogens with one attached hydrogen (secondary N) is 2. The Morgan fingerprint density at radius 3 is 2.46 bits per heavy atom. The number of carbonyl (C=O) groups is 2. The highest BCUT2D eigenvalue weighted by molar-refractivity contribution is 7.99. The molecular weight excluding hydrogens is 354 g/mol. The van der Waals surface area contributed by atoms with Crippen LogP contribution in [-0.4, -0.2) is 34.3 Å². The minimum absolute atomic E-state index is 0.0873. The fraction of sp³-hybridized carbons (Fsp3) is 0.222. The Labute approximate surface area is 154 Å². The van der Waals surface area contributed by atoms with Crippen molar-refractivity contribution < 1.29 is 14.5 Å². The van der Waals surface area contributed by atoms with Crippen LogP contribution in [0, 0.1) is 10.1 Å². The Bertz CT molecular complexity index is 833. The predicted octanol–water partition coefficient (Wildman–Crippen LogP) is 3.08. The van der Waals surface area contributed by atoms with E-state index in [4.69, 9.17) is 0 Å². The van der Waals surface area contributed by atoms with Gasteiger partial charge in [-0.2, -0.15) is 11.8 Å². The molecule has 0 aromatic heterocycles. The van der Waals surface area contributed by atoms with Crippen LogP contribution in [-0.2, 0) is 0 Å². The lowest BCUT2D eigenvalue weighted by Crippen LogP contribution is -2.35. The number of para-hydroxylation sites is 1. The number of carbonyl (C=O) groups excluding carboxylic acids is 2. The third-order valence-corrected chi connectivity index (χ3v) is 5.19. The van der Waals surface area contributed by atoms with E-state index in [1.807, 2.05) is 0 Å². The maximum Gasteiger partial charge on any atom is 0.269 e. The van der Waals surface area contributed by atoms with E-state index in [0.717, 1.165) is 17.9 Å². The molecule has 0 aliphatic carbocycles. The van der Waals surface area contributed by atoms with E-state index in [0.29, 0.717) is 11.3 Å². The van der Waals surface area contributed by atoms with Gasteiger partial charge in [0, 0.05) is 29.5 Å². The number of thioether (sulfide) groups is 1. The molecule has 2 aromatic carbocycles. The maximum absolute atomic E-state index is 12.5. The van der Waals surface area contributed by atoms with Crippen molar-refractivity contribution in [3.8, 4) is 0 Å². The van der Waals surface area contributed by atoms with Crippen LogP contribution >= 0.6 is 11.8 Å². The molecule has 1 unspecified atom stereocenters. The summed E-state index contributed by atoms with van der Waals surface area (Å²) in [5.41, 5.74) is 0.979. The molecule has 7 nitrogen and oxygen atoms in total. The number of benzene rings is 2. The van der Waals surface area contributed by atoms with Gasteiger partial charge in [0.25, 0.3) is 17.5 Å². The van der Waals surface area contributed by atoms with Crippen LogP contribution in [0.25, 0.3) is 0 Å². The van der Waals surface area contributed by atoms with Gasteiger partial charge in [-0.3, -0.25) is 19.7 Å². The Hall–Kier alpha value is -2.87. The first-order valence-corrected chi connectivity index (χ1v) is 9.23. The van der Waals surface area contributed by atoms with Crippen molar-refractivity contribution >= 4 is 35.0 Å². The quantitative estimate of drug-likeness (QED) is 0.621. The molecule has 1 fully saturated rings. The molecule has 26 heavy (non-hydrogen) atoms. The number of nitrogens with zero attached hydrogens (tertiary/aromatic N) is 1. The molecule has 2 amide bonds. The van der Waals surface area contributed by atoms with E-state index in [2.05, 4.69) is 10.6 Å². The predicted molar refractivity (Wildman–Crippen MR) is 101 cm³/mol. The molecule has 0 bridgehead atoms. The van der Waals surface area contributed by atoms with Gasteiger partial charge >= 0.3 is 0 Å². The summed E-state index contributed by atoms with van der Waals surface area (Å²) in [4.78, 5) is 35.1. The van der Waals surface area contributed by atoms with Crippen LogP contribution < -0.4 is 10.6 Å². The van der Waals surface area contributed by atoms with E-state index < -0.39 is 10.8 Å². The molecule has 3 rings (SSSR count). The highest BCUT2D eigenvalue weighted by atomic mass is 32.2. The van der Waals surface area contributed by atoms with Gasteiger partial charge in [-0.25, -0.2) is 0 Å². The molecule has 1 heterocycles. The second kappa shape index (κ2) is 8.01. The van der Waals surface area contributed by atoms with E-state index in [1.54, 1.807) is 36.0 Å². The largest absolute Gasteiger partial charge is 0.348 e. The van der Waals surface area contributed by atoms with Gasteiger partial charge in [0.1, 0.15) is 0 Å². The molecule has 134 valence electrons. The Kier molecular flexibility index (Phi) is 5.52. The summed E-state index contributed by atoms with van der Waals surface area (Å²) in [5, 5.41) is 16.4. The average molecular weight is 371 g/mol. The summed E-state index contributed by atoms with van der Waals surface area (Å²) in [5.74, 6) is 1.26. The van der Waals surface area contributed by atoms with Crippen LogP contribution in [0.15, 0.2) is 48.5 Å². The van der Waals surface area contributed by atoms with Crippen molar-refractivity contribution in [2.24, 2.45) is 0 Å². The average Bonchev–Trinajstić information content (AvgIpc) is 3.15. The number of hydrogen-bond acceptors (Lipinski definition) is 5. The molecule has 2 aromatic rings. The van der Waals surface area contributed by atoms with Gasteiger partial charge in [0.2, 0.25) is 0 Å².